The molecule has 1 atom stereocenters. The highest BCUT2D eigenvalue weighted by atomic mass is 35.5. The molecule has 1 aliphatic heterocycles. The van der Waals surface area contributed by atoms with Crippen LogP contribution >= 0.6 is 11.6 Å². The first-order chi connectivity index (χ1) is 14.8. The number of hydrogen-bond acceptors (Lipinski definition) is 6. The molecule has 0 radical (unpaired) electrons. The predicted molar refractivity (Wildman–Crippen MR) is 119 cm³/mol. The number of benzene rings is 2. The fraction of sp³-hybridized carbons (Fsp3) is 0.174. The molecule has 0 amide bonds. The van der Waals surface area contributed by atoms with Crippen molar-refractivity contribution in [3.8, 4) is 11.1 Å². The number of pyridine rings is 1. The lowest BCUT2D eigenvalue weighted by molar-refractivity contribution is 0.0250. The van der Waals surface area contributed by atoms with Gasteiger partial charge in [-0.1, -0.05) is 48.0 Å². The Kier molecular flexibility index (Phi) is 5.27. The van der Waals surface area contributed by atoms with E-state index in [0.717, 1.165) is 46.5 Å². The van der Waals surface area contributed by atoms with Gasteiger partial charge >= 0.3 is 0 Å². The van der Waals surface area contributed by atoms with Gasteiger partial charge in [-0.15, -0.1) is 0 Å². The number of ether oxygens (including phenoxy) is 1. The van der Waals surface area contributed by atoms with Gasteiger partial charge in [0.1, 0.15) is 6.10 Å². The molecule has 150 valence electrons. The minimum Gasteiger partial charge on any atom is -0.369 e. The Morgan fingerprint density at radius 3 is 2.67 bits per heavy atom. The molecule has 4 aromatic rings. The lowest BCUT2D eigenvalue weighted by Gasteiger charge is -2.23. The Labute approximate surface area is 179 Å². The molecule has 6 nitrogen and oxygen atoms in total. The minimum absolute atomic E-state index is 0.0112. The molecule has 30 heavy (non-hydrogen) atoms. The van der Waals surface area contributed by atoms with Gasteiger partial charge in [-0.2, -0.15) is 0 Å². The Balaban J connectivity index is 1.44. The fourth-order valence-electron chi connectivity index (χ4n) is 3.57. The second kappa shape index (κ2) is 8.36. The zero-order valence-electron chi connectivity index (χ0n) is 16.2. The number of para-hydroxylation sites is 1. The summed E-state index contributed by atoms with van der Waals surface area (Å²) in [6, 6.07) is 17.7. The zero-order chi connectivity index (χ0) is 20.3. The van der Waals surface area contributed by atoms with Gasteiger partial charge < -0.3 is 15.4 Å². The largest absolute Gasteiger partial charge is 0.369 e. The number of hydrogen-bond donors (Lipinski definition) is 2. The summed E-state index contributed by atoms with van der Waals surface area (Å²) in [7, 11) is 0. The number of aromatic nitrogens is 3. The number of anilines is 2. The highest BCUT2D eigenvalue weighted by molar-refractivity contribution is 6.33. The molecular formula is C23H20ClN5O. The summed E-state index contributed by atoms with van der Waals surface area (Å²) < 4.78 is 5.75. The van der Waals surface area contributed by atoms with E-state index in [1.807, 2.05) is 60.8 Å². The van der Waals surface area contributed by atoms with E-state index in [9.17, 15) is 0 Å². The maximum absolute atomic E-state index is 6.43. The smallest absolute Gasteiger partial charge is 0.227 e. The van der Waals surface area contributed by atoms with Gasteiger partial charge in [0, 0.05) is 40.8 Å². The number of fused-ring (bicyclic) bond motifs is 1. The van der Waals surface area contributed by atoms with Crippen LogP contribution in [0.15, 0.2) is 67.0 Å². The van der Waals surface area contributed by atoms with Gasteiger partial charge in [-0.05, 0) is 18.2 Å². The highest BCUT2D eigenvalue weighted by Crippen LogP contribution is 2.32. The molecule has 0 aliphatic carbocycles. The van der Waals surface area contributed by atoms with Crippen molar-refractivity contribution in [3.05, 3.63) is 77.7 Å². The average molecular weight is 418 g/mol. The summed E-state index contributed by atoms with van der Waals surface area (Å²) in [5.74, 6) is 0.507. The van der Waals surface area contributed by atoms with Crippen LogP contribution in [-0.4, -0.2) is 34.6 Å². The van der Waals surface area contributed by atoms with Crippen molar-refractivity contribution in [1.82, 2.24) is 20.3 Å². The zero-order valence-corrected chi connectivity index (χ0v) is 16.9. The summed E-state index contributed by atoms with van der Waals surface area (Å²) in [5, 5.41) is 8.21. The molecule has 0 saturated carbocycles. The van der Waals surface area contributed by atoms with Crippen LogP contribution in [0.2, 0.25) is 5.02 Å². The highest BCUT2D eigenvalue weighted by Gasteiger charge is 2.17. The van der Waals surface area contributed by atoms with Crippen LogP contribution in [0.1, 0.15) is 11.8 Å². The van der Waals surface area contributed by atoms with E-state index < -0.39 is 0 Å². The normalized spacial score (nSPS) is 16.5. The average Bonchev–Trinajstić information content (AvgIpc) is 2.80. The lowest BCUT2D eigenvalue weighted by Crippen LogP contribution is -2.33. The van der Waals surface area contributed by atoms with Crippen LogP contribution in [0.5, 0.6) is 0 Å². The summed E-state index contributed by atoms with van der Waals surface area (Å²) >= 11 is 6.43. The quantitative estimate of drug-likeness (QED) is 0.499. The van der Waals surface area contributed by atoms with E-state index in [0.29, 0.717) is 17.6 Å². The monoisotopic (exact) mass is 417 g/mol. The molecule has 0 spiro atoms. The van der Waals surface area contributed by atoms with E-state index in [2.05, 4.69) is 20.6 Å². The lowest BCUT2D eigenvalue weighted by atomic mass is 10.0. The Morgan fingerprint density at radius 2 is 1.87 bits per heavy atom. The summed E-state index contributed by atoms with van der Waals surface area (Å²) in [4.78, 5) is 13.7. The molecule has 1 aliphatic rings. The fourth-order valence-corrected chi connectivity index (χ4v) is 3.80. The number of nitrogens with zero attached hydrogens (tertiary/aromatic N) is 3. The molecule has 2 N–H and O–H groups in total. The van der Waals surface area contributed by atoms with Crippen molar-refractivity contribution < 1.29 is 4.74 Å². The number of rotatable bonds is 4. The summed E-state index contributed by atoms with van der Waals surface area (Å²) in [6.07, 6.45) is 3.58. The van der Waals surface area contributed by atoms with Crippen molar-refractivity contribution >= 4 is 34.1 Å². The van der Waals surface area contributed by atoms with Crippen molar-refractivity contribution in [2.45, 2.75) is 6.10 Å². The van der Waals surface area contributed by atoms with Crippen LogP contribution in [0.4, 0.5) is 11.6 Å². The van der Waals surface area contributed by atoms with Gasteiger partial charge in [-0.3, -0.25) is 4.98 Å². The summed E-state index contributed by atoms with van der Waals surface area (Å²) in [5.41, 5.74) is 4.49. The standard InChI is InChI=1S/C23H20ClN5O/c24-19-7-2-1-5-17(19)18-6-3-4-15-12-27-23(29-22(15)18)28-16-8-9-20(26-13-16)21-14-25-10-11-30-21/h1-9,12-13,21,25H,10-11,14H2,(H,27,28,29). The molecule has 3 heterocycles. The van der Waals surface area contributed by atoms with Crippen LogP contribution in [-0.2, 0) is 4.74 Å². The van der Waals surface area contributed by atoms with Gasteiger partial charge in [0.2, 0.25) is 5.95 Å². The van der Waals surface area contributed by atoms with Crippen LogP contribution in [0.3, 0.4) is 0 Å². The third-order valence-electron chi connectivity index (χ3n) is 5.07. The first-order valence-electron chi connectivity index (χ1n) is 9.84. The van der Waals surface area contributed by atoms with Gasteiger partial charge in [-0.25, -0.2) is 9.97 Å². The molecule has 1 unspecified atom stereocenters. The summed E-state index contributed by atoms with van der Waals surface area (Å²) in [6.45, 7) is 2.36. The minimum atomic E-state index is -0.0112. The van der Waals surface area contributed by atoms with Crippen LogP contribution < -0.4 is 10.6 Å². The van der Waals surface area contributed by atoms with Gasteiger partial charge in [0.15, 0.2) is 0 Å². The van der Waals surface area contributed by atoms with Gasteiger partial charge in [0.25, 0.3) is 0 Å². The Bertz CT molecular complexity index is 1180. The third-order valence-corrected chi connectivity index (χ3v) is 5.40. The van der Waals surface area contributed by atoms with Gasteiger partial charge in [0.05, 0.1) is 29.7 Å². The first kappa shape index (κ1) is 18.9. The third kappa shape index (κ3) is 3.85. The van der Waals surface area contributed by atoms with E-state index in [1.54, 1.807) is 6.20 Å². The van der Waals surface area contributed by atoms with Crippen molar-refractivity contribution in [2.24, 2.45) is 0 Å². The van der Waals surface area contributed by atoms with Crippen molar-refractivity contribution in [1.29, 1.82) is 0 Å². The Hall–Kier alpha value is -3.06. The SMILES string of the molecule is Clc1ccccc1-c1cccc2cnc(Nc3ccc(C4CNCCO4)nc3)nc12. The predicted octanol–water partition coefficient (Wildman–Crippen LogP) is 4.75. The molecule has 7 heteroatoms. The van der Waals surface area contributed by atoms with E-state index in [4.69, 9.17) is 21.3 Å². The molecule has 2 aromatic heterocycles. The maximum Gasteiger partial charge on any atom is 0.227 e. The molecule has 2 aromatic carbocycles. The second-order valence-electron chi connectivity index (χ2n) is 7.08. The maximum atomic E-state index is 6.43. The number of morpholine rings is 1. The molecule has 1 saturated heterocycles. The molecule has 1 fully saturated rings. The molecule has 5 rings (SSSR count). The number of halogens is 1. The van der Waals surface area contributed by atoms with Crippen LogP contribution in [0, 0.1) is 0 Å². The molecular weight excluding hydrogens is 398 g/mol. The molecule has 0 bridgehead atoms. The Morgan fingerprint density at radius 1 is 0.967 bits per heavy atom. The first-order valence-corrected chi connectivity index (χ1v) is 10.2. The number of nitrogens with one attached hydrogen (secondary N) is 2. The second-order valence-corrected chi connectivity index (χ2v) is 7.48. The van der Waals surface area contributed by atoms with Crippen molar-refractivity contribution in [3.63, 3.8) is 0 Å². The van der Waals surface area contributed by atoms with E-state index in [-0.39, 0.29) is 6.10 Å². The van der Waals surface area contributed by atoms with E-state index >= 15 is 0 Å². The van der Waals surface area contributed by atoms with Crippen LogP contribution in [0.25, 0.3) is 22.0 Å². The topological polar surface area (TPSA) is 72.0 Å². The van der Waals surface area contributed by atoms with E-state index in [1.165, 1.54) is 0 Å². The van der Waals surface area contributed by atoms with Crippen molar-refractivity contribution in [2.75, 3.05) is 25.0 Å².